The standard InChI is InChI=1S/C10H11FN2O4/c1-10(12,3-7(14)15)5-2-6(11)8(9(16)17)13-4-5/h2,4H,3,12H2,1H3,(H,14,15)(H,16,17)/t10-/m1/s1. The molecule has 0 aliphatic rings. The molecule has 0 radical (unpaired) electrons. The van der Waals surface area contributed by atoms with Gasteiger partial charge in [-0.25, -0.2) is 14.2 Å². The first-order valence-electron chi connectivity index (χ1n) is 4.64. The number of carboxylic acids is 2. The van der Waals surface area contributed by atoms with Gasteiger partial charge in [-0.3, -0.25) is 4.79 Å². The van der Waals surface area contributed by atoms with Gasteiger partial charge in [0.05, 0.1) is 12.0 Å². The fourth-order valence-electron chi connectivity index (χ4n) is 1.32. The van der Waals surface area contributed by atoms with Gasteiger partial charge in [0.2, 0.25) is 0 Å². The van der Waals surface area contributed by atoms with E-state index in [1.807, 2.05) is 0 Å². The molecular formula is C10H11FN2O4. The highest BCUT2D eigenvalue weighted by atomic mass is 19.1. The number of nitrogens with two attached hydrogens (primary N) is 1. The topological polar surface area (TPSA) is 114 Å². The summed E-state index contributed by atoms with van der Waals surface area (Å²) >= 11 is 0. The number of rotatable bonds is 4. The minimum absolute atomic E-state index is 0.127. The fourth-order valence-corrected chi connectivity index (χ4v) is 1.32. The van der Waals surface area contributed by atoms with Crippen LogP contribution in [0.15, 0.2) is 12.3 Å². The van der Waals surface area contributed by atoms with Crippen LogP contribution in [0.1, 0.15) is 29.4 Å². The molecule has 1 aromatic heterocycles. The highest BCUT2D eigenvalue weighted by Crippen LogP contribution is 2.22. The van der Waals surface area contributed by atoms with Crippen LogP contribution in [-0.2, 0) is 10.3 Å². The zero-order valence-corrected chi connectivity index (χ0v) is 8.98. The molecule has 0 fully saturated rings. The molecule has 0 amide bonds. The summed E-state index contributed by atoms with van der Waals surface area (Å²) in [6.45, 7) is 1.40. The highest BCUT2D eigenvalue weighted by molar-refractivity contribution is 5.85. The van der Waals surface area contributed by atoms with Crippen LogP contribution in [0.3, 0.4) is 0 Å². The SMILES string of the molecule is C[C@@](N)(CC(=O)O)c1cnc(C(=O)O)c(F)c1. The van der Waals surface area contributed by atoms with E-state index in [2.05, 4.69) is 4.98 Å². The van der Waals surface area contributed by atoms with Crippen LogP contribution in [-0.4, -0.2) is 27.1 Å². The molecule has 0 bridgehead atoms. The molecule has 0 spiro atoms. The number of aromatic nitrogens is 1. The fraction of sp³-hybridized carbons (Fsp3) is 0.300. The molecule has 1 aromatic rings. The molecule has 0 aromatic carbocycles. The maximum absolute atomic E-state index is 13.3. The second-order valence-electron chi connectivity index (χ2n) is 3.85. The Bertz CT molecular complexity index is 473. The first kappa shape index (κ1) is 13.0. The molecule has 92 valence electrons. The second-order valence-corrected chi connectivity index (χ2v) is 3.85. The lowest BCUT2D eigenvalue weighted by Crippen LogP contribution is -2.36. The van der Waals surface area contributed by atoms with Crippen molar-refractivity contribution in [1.29, 1.82) is 0 Å². The van der Waals surface area contributed by atoms with Crippen LogP contribution < -0.4 is 5.73 Å². The predicted molar refractivity (Wildman–Crippen MR) is 54.9 cm³/mol. The van der Waals surface area contributed by atoms with E-state index < -0.39 is 35.4 Å². The van der Waals surface area contributed by atoms with Crippen LogP contribution in [0, 0.1) is 5.82 Å². The van der Waals surface area contributed by atoms with Crippen molar-refractivity contribution < 1.29 is 24.2 Å². The Balaban J connectivity index is 3.13. The molecule has 1 atom stereocenters. The van der Waals surface area contributed by atoms with Crippen LogP contribution in [0.4, 0.5) is 4.39 Å². The average molecular weight is 242 g/mol. The number of carbonyl (C=O) groups is 2. The van der Waals surface area contributed by atoms with Crippen molar-refractivity contribution >= 4 is 11.9 Å². The van der Waals surface area contributed by atoms with E-state index in [-0.39, 0.29) is 5.56 Å². The van der Waals surface area contributed by atoms with Crippen LogP contribution in [0.5, 0.6) is 0 Å². The van der Waals surface area contributed by atoms with Crippen molar-refractivity contribution in [2.24, 2.45) is 5.73 Å². The van der Waals surface area contributed by atoms with E-state index in [1.54, 1.807) is 0 Å². The zero-order chi connectivity index (χ0) is 13.2. The first-order valence-corrected chi connectivity index (χ1v) is 4.64. The molecule has 6 nitrogen and oxygen atoms in total. The number of halogens is 1. The Hall–Kier alpha value is -2.02. The minimum atomic E-state index is -1.49. The summed E-state index contributed by atoms with van der Waals surface area (Å²) in [5.41, 5.74) is 3.80. The van der Waals surface area contributed by atoms with Gasteiger partial charge in [-0.1, -0.05) is 0 Å². The number of nitrogens with zero attached hydrogens (tertiary/aromatic N) is 1. The van der Waals surface area contributed by atoms with Crippen molar-refractivity contribution in [3.63, 3.8) is 0 Å². The molecule has 1 heterocycles. The summed E-state index contributed by atoms with van der Waals surface area (Å²) in [5.74, 6) is -3.68. The summed E-state index contributed by atoms with van der Waals surface area (Å²) in [7, 11) is 0. The van der Waals surface area contributed by atoms with E-state index in [0.29, 0.717) is 0 Å². The molecule has 0 aliphatic heterocycles. The molecular weight excluding hydrogens is 231 g/mol. The number of pyridine rings is 1. The summed E-state index contributed by atoms with van der Waals surface area (Å²) in [4.78, 5) is 24.5. The Morgan fingerprint density at radius 3 is 2.53 bits per heavy atom. The van der Waals surface area contributed by atoms with E-state index in [1.165, 1.54) is 6.92 Å². The van der Waals surface area contributed by atoms with Gasteiger partial charge in [0.1, 0.15) is 0 Å². The molecule has 0 saturated carbocycles. The van der Waals surface area contributed by atoms with Gasteiger partial charge in [-0.15, -0.1) is 0 Å². The Kier molecular flexibility index (Phi) is 3.42. The summed E-state index contributed by atoms with van der Waals surface area (Å²) in [5, 5.41) is 17.2. The van der Waals surface area contributed by atoms with Gasteiger partial charge in [-0.2, -0.15) is 0 Å². The van der Waals surface area contributed by atoms with Crippen molar-refractivity contribution in [2.45, 2.75) is 18.9 Å². The largest absolute Gasteiger partial charge is 0.481 e. The molecule has 4 N–H and O–H groups in total. The van der Waals surface area contributed by atoms with Crippen LogP contribution in [0.2, 0.25) is 0 Å². The van der Waals surface area contributed by atoms with E-state index in [4.69, 9.17) is 15.9 Å². The van der Waals surface area contributed by atoms with Gasteiger partial charge in [0.25, 0.3) is 0 Å². The van der Waals surface area contributed by atoms with Crippen molar-refractivity contribution in [3.8, 4) is 0 Å². The molecule has 0 unspecified atom stereocenters. The lowest BCUT2D eigenvalue weighted by atomic mass is 9.91. The molecule has 7 heteroatoms. The van der Waals surface area contributed by atoms with Crippen molar-refractivity contribution in [1.82, 2.24) is 4.98 Å². The smallest absolute Gasteiger partial charge is 0.357 e. The molecule has 17 heavy (non-hydrogen) atoms. The Labute approximate surface area is 95.9 Å². The lowest BCUT2D eigenvalue weighted by molar-refractivity contribution is -0.138. The highest BCUT2D eigenvalue weighted by Gasteiger charge is 2.27. The summed E-state index contributed by atoms with van der Waals surface area (Å²) < 4.78 is 13.3. The number of aliphatic carboxylic acids is 1. The Morgan fingerprint density at radius 2 is 2.12 bits per heavy atom. The van der Waals surface area contributed by atoms with Gasteiger partial charge < -0.3 is 15.9 Å². The first-order chi connectivity index (χ1) is 7.74. The van der Waals surface area contributed by atoms with Gasteiger partial charge >= 0.3 is 11.9 Å². The zero-order valence-electron chi connectivity index (χ0n) is 8.98. The number of hydrogen-bond donors (Lipinski definition) is 3. The monoisotopic (exact) mass is 242 g/mol. The van der Waals surface area contributed by atoms with E-state index in [0.717, 1.165) is 12.3 Å². The maximum atomic E-state index is 13.3. The quantitative estimate of drug-likeness (QED) is 0.711. The third-order valence-corrected chi connectivity index (χ3v) is 2.22. The third kappa shape index (κ3) is 2.97. The molecule has 1 rings (SSSR count). The molecule has 0 aliphatic carbocycles. The van der Waals surface area contributed by atoms with Gasteiger partial charge in [0.15, 0.2) is 11.5 Å². The third-order valence-electron chi connectivity index (χ3n) is 2.22. The number of aromatic carboxylic acids is 1. The molecule has 0 saturated heterocycles. The number of carboxylic acid groups (broad SMARTS) is 2. The predicted octanol–water partition coefficient (Wildman–Crippen LogP) is 0.567. The van der Waals surface area contributed by atoms with Crippen molar-refractivity contribution in [3.05, 3.63) is 29.3 Å². The Morgan fingerprint density at radius 1 is 1.53 bits per heavy atom. The van der Waals surface area contributed by atoms with Crippen LogP contribution in [0.25, 0.3) is 0 Å². The summed E-state index contributed by atoms with van der Waals surface area (Å²) in [6.07, 6.45) is 0.649. The van der Waals surface area contributed by atoms with Crippen molar-refractivity contribution in [2.75, 3.05) is 0 Å². The second kappa shape index (κ2) is 4.46. The van der Waals surface area contributed by atoms with E-state index in [9.17, 15) is 14.0 Å². The van der Waals surface area contributed by atoms with E-state index >= 15 is 0 Å². The lowest BCUT2D eigenvalue weighted by Gasteiger charge is -2.22. The van der Waals surface area contributed by atoms with Crippen LogP contribution >= 0.6 is 0 Å². The van der Waals surface area contributed by atoms with Gasteiger partial charge in [-0.05, 0) is 18.6 Å². The maximum Gasteiger partial charge on any atom is 0.357 e. The average Bonchev–Trinajstić information content (AvgIpc) is 2.14. The summed E-state index contributed by atoms with van der Waals surface area (Å²) in [6, 6.07) is 0.888. The normalized spacial score (nSPS) is 14.1. The van der Waals surface area contributed by atoms with Gasteiger partial charge in [0, 0.05) is 6.20 Å². The number of hydrogen-bond acceptors (Lipinski definition) is 4. The minimum Gasteiger partial charge on any atom is -0.481 e.